The lowest BCUT2D eigenvalue weighted by Gasteiger charge is -2.20. The number of aromatic hydroxyl groups is 1. The Bertz CT molecular complexity index is 1900. The molecule has 2 aliphatic rings. The average Bonchev–Trinajstić information content (AvgIpc) is 3.06. The van der Waals surface area contributed by atoms with Crippen LogP contribution in [-0.2, 0) is 9.59 Å². The lowest BCUT2D eigenvalue weighted by molar-refractivity contribution is -0.122. The number of anilines is 1. The number of nitrogens with one attached hydrogen (secondary N) is 5. The first-order valence-electron chi connectivity index (χ1n) is 15.4. The minimum absolute atomic E-state index is 0.00319. The molecular weight excluding hydrogens is 654 g/mol. The molecule has 0 saturated carbocycles. The Morgan fingerprint density at radius 3 is 2.29 bits per heavy atom. The molecule has 2 aromatic rings. The second-order valence-electron chi connectivity index (χ2n) is 11.0. The molecule has 0 spiro atoms. The van der Waals surface area contributed by atoms with Gasteiger partial charge in [0.05, 0.1) is 11.3 Å². The number of hydrogen-bond donors (Lipinski definition) is 9. The van der Waals surface area contributed by atoms with Gasteiger partial charge in [0.2, 0.25) is 11.8 Å². The fourth-order valence-electron chi connectivity index (χ4n) is 5.07. The standard InChI is InChI=1S/C33H37N7O8S/c34-32(35)38-15-14-37-28(43)4-2-1-3-12-36-29(44)11-13-39-33(47)40(49)19-5-8-22(25(16-19)31(45)46)30-23-9-6-20(41)17-26(23)48-27-18-21(42)7-10-24(27)30/h5-10,16-18,41,49H,1-4,11-15H2,(H,36,44)(H,37,43)(H,39,47)(H,45,46)(H4,34,35,38). The van der Waals surface area contributed by atoms with Gasteiger partial charge in [-0.05, 0) is 54.8 Å². The normalized spacial score (nSPS) is 10.8. The Hall–Kier alpha value is -5.77. The predicted molar refractivity (Wildman–Crippen MR) is 187 cm³/mol. The summed E-state index contributed by atoms with van der Waals surface area (Å²) in [5.74, 6) is -1.68. The van der Waals surface area contributed by atoms with Gasteiger partial charge in [-0.3, -0.25) is 19.8 Å². The third-order valence-corrected chi connectivity index (χ3v) is 7.82. The smallest absolute Gasteiger partial charge is 0.336 e. The first-order chi connectivity index (χ1) is 23.4. The maximum Gasteiger partial charge on any atom is 0.336 e. The zero-order valence-electron chi connectivity index (χ0n) is 26.4. The summed E-state index contributed by atoms with van der Waals surface area (Å²) in [7, 11) is 0. The number of nitrogens with zero attached hydrogens (tertiary/aromatic N) is 1. The molecule has 1 aliphatic carbocycles. The van der Waals surface area contributed by atoms with Gasteiger partial charge in [-0.2, -0.15) is 0 Å². The van der Waals surface area contributed by atoms with Gasteiger partial charge < -0.3 is 41.6 Å². The number of carboxylic acids is 1. The summed E-state index contributed by atoms with van der Waals surface area (Å²) in [6, 6.07) is 12.2. The molecule has 9 N–H and O–H groups in total. The highest BCUT2D eigenvalue weighted by atomic mass is 32.1. The Morgan fingerprint density at radius 2 is 1.53 bits per heavy atom. The first kappa shape index (κ1) is 36.1. The Kier molecular flexibility index (Phi) is 12.4. The quantitative estimate of drug-likeness (QED) is 0.0290. The van der Waals surface area contributed by atoms with E-state index in [9.17, 15) is 34.2 Å². The van der Waals surface area contributed by atoms with Crippen LogP contribution in [0.1, 0.15) is 42.5 Å². The number of phenols is 1. The molecule has 0 unspecified atom stereocenters. The van der Waals surface area contributed by atoms with E-state index < -0.39 is 12.0 Å². The van der Waals surface area contributed by atoms with Crippen molar-refractivity contribution < 1.29 is 33.8 Å². The number of benzene rings is 3. The van der Waals surface area contributed by atoms with Crippen molar-refractivity contribution >= 4 is 59.2 Å². The van der Waals surface area contributed by atoms with Gasteiger partial charge >= 0.3 is 12.0 Å². The number of thiol groups is 1. The minimum Gasteiger partial charge on any atom is -0.508 e. The fourth-order valence-corrected chi connectivity index (χ4v) is 5.27. The van der Waals surface area contributed by atoms with E-state index in [-0.39, 0.29) is 70.1 Å². The number of nitrogens with two attached hydrogens (primary N) is 1. The van der Waals surface area contributed by atoms with Gasteiger partial charge in [-0.15, -0.1) is 0 Å². The van der Waals surface area contributed by atoms with E-state index >= 15 is 0 Å². The minimum atomic E-state index is -1.28. The number of aromatic carboxylic acids is 1. The highest BCUT2D eigenvalue weighted by Gasteiger charge is 2.24. The fraction of sp³-hybridized carbons (Fsp3) is 0.273. The molecule has 0 bridgehead atoms. The lowest BCUT2D eigenvalue weighted by atomic mass is 9.90. The number of guanidine groups is 1. The molecule has 0 saturated heterocycles. The van der Waals surface area contributed by atoms with E-state index in [0.717, 1.165) is 10.7 Å². The second kappa shape index (κ2) is 16.9. The summed E-state index contributed by atoms with van der Waals surface area (Å²) in [5, 5.41) is 38.4. The highest BCUT2D eigenvalue weighted by molar-refractivity contribution is 7.82. The van der Waals surface area contributed by atoms with E-state index in [1.54, 1.807) is 12.1 Å². The van der Waals surface area contributed by atoms with Crippen LogP contribution in [0.5, 0.6) is 5.75 Å². The van der Waals surface area contributed by atoms with Crippen molar-refractivity contribution in [1.29, 1.82) is 5.41 Å². The first-order valence-corrected chi connectivity index (χ1v) is 15.8. The van der Waals surface area contributed by atoms with E-state index in [0.29, 0.717) is 55.4 Å². The van der Waals surface area contributed by atoms with Crippen LogP contribution < -0.4 is 36.7 Å². The van der Waals surface area contributed by atoms with Crippen LogP contribution in [0.2, 0.25) is 0 Å². The van der Waals surface area contributed by atoms with E-state index in [1.165, 1.54) is 42.5 Å². The molecule has 49 heavy (non-hydrogen) atoms. The van der Waals surface area contributed by atoms with Crippen LogP contribution in [0.4, 0.5) is 10.5 Å². The van der Waals surface area contributed by atoms with E-state index in [2.05, 4.69) is 34.1 Å². The second-order valence-corrected chi connectivity index (χ2v) is 11.4. The molecule has 16 heteroatoms. The molecule has 15 nitrogen and oxygen atoms in total. The number of rotatable bonds is 15. The molecule has 1 heterocycles. The molecule has 4 rings (SSSR count). The summed E-state index contributed by atoms with van der Waals surface area (Å²) in [6.07, 6.45) is 2.42. The van der Waals surface area contributed by atoms with Crippen LogP contribution in [0, 0.1) is 5.41 Å². The van der Waals surface area contributed by atoms with Gasteiger partial charge in [0.25, 0.3) is 0 Å². The molecule has 0 fully saturated rings. The Morgan fingerprint density at radius 1 is 0.816 bits per heavy atom. The molecule has 258 valence electrons. The number of urea groups is 1. The number of carbonyl (C=O) groups excluding carboxylic acids is 3. The van der Waals surface area contributed by atoms with Crippen molar-refractivity contribution in [2.45, 2.75) is 32.1 Å². The molecular formula is C33H37N7O8S. The summed E-state index contributed by atoms with van der Waals surface area (Å²) in [5.41, 5.74) is 6.32. The molecule has 4 amide bonds. The highest BCUT2D eigenvalue weighted by Crippen LogP contribution is 2.42. The van der Waals surface area contributed by atoms with Crippen molar-refractivity contribution in [2.75, 3.05) is 30.5 Å². The third kappa shape index (κ3) is 9.87. The van der Waals surface area contributed by atoms with Crippen molar-refractivity contribution in [2.24, 2.45) is 5.73 Å². The third-order valence-electron chi connectivity index (χ3n) is 7.41. The average molecular weight is 692 g/mol. The van der Waals surface area contributed by atoms with Crippen LogP contribution in [0.3, 0.4) is 0 Å². The largest absolute Gasteiger partial charge is 0.508 e. The van der Waals surface area contributed by atoms with Gasteiger partial charge in [-0.1, -0.05) is 25.3 Å². The SMILES string of the molecule is N=C(N)NCCNC(=O)CCCCCNC(=O)CCNC(=O)N(S)c1ccc(-c2c3ccc(=O)cc-3oc3cc(O)ccc23)c(C(=O)O)c1. The predicted octanol–water partition coefficient (Wildman–Crippen LogP) is 3.00. The zero-order chi connectivity index (χ0) is 35.5. The van der Waals surface area contributed by atoms with Crippen molar-refractivity contribution in [3.63, 3.8) is 0 Å². The van der Waals surface area contributed by atoms with Crippen molar-refractivity contribution in [1.82, 2.24) is 21.3 Å². The number of unbranched alkanes of at least 4 members (excludes halogenated alkanes) is 2. The molecule has 2 aromatic carbocycles. The number of fused-ring (bicyclic) bond motifs is 2. The van der Waals surface area contributed by atoms with Gasteiger partial charge in [0.1, 0.15) is 17.1 Å². The maximum absolute atomic E-state index is 12.8. The van der Waals surface area contributed by atoms with E-state index in [4.69, 9.17) is 15.6 Å². The van der Waals surface area contributed by atoms with Crippen LogP contribution in [0.15, 0.2) is 63.8 Å². The summed E-state index contributed by atoms with van der Waals surface area (Å²) in [4.78, 5) is 61.4. The zero-order valence-corrected chi connectivity index (χ0v) is 27.3. The topological polar surface area (TPSA) is 240 Å². The summed E-state index contributed by atoms with van der Waals surface area (Å²) < 4.78 is 6.78. The number of amides is 4. The molecule has 0 aromatic heterocycles. The molecule has 0 radical (unpaired) electrons. The summed E-state index contributed by atoms with van der Waals surface area (Å²) >= 11 is 4.26. The Labute approximate surface area is 286 Å². The number of phenolic OH excluding ortho intramolecular Hbond substituents is 1. The monoisotopic (exact) mass is 691 g/mol. The number of carbonyl (C=O) groups is 4. The summed E-state index contributed by atoms with van der Waals surface area (Å²) in [6.45, 7) is 1.16. The Balaban J connectivity index is 1.31. The maximum atomic E-state index is 12.8. The number of hydrogen-bond acceptors (Lipinski definition) is 9. The molecule has 0 atom stereocenters. The van der Waals surface area contributed by atoms with Crippen LogP contribution in [-0.4, -0.2) is 66.2 Å². The van der Waals surface area contributed by atoms with Crippen LogP contribution in [0.25, 0.3) is 33.4 Å². The van der Waals surface area contributed by atoms with Gasteiger partial charge in [-0.25, -0.2) is 13.9 Å². The van der Waals surface area contributed by atoms with E-state index in [1.807, 2.05) is 0 Å². The molecule has 1 aliphatic heterocycles. The van der Waals surface area contributed by atoms with Crippen molar-refractivity contribution in [3.8, 4) is 28.2 Å². The van der Waals surface area contributed by atoms with Crippen LogP contribution >= 0.6 is 12.8 Å². The van der Waals surface area contributed by atoms with Gasteiger partial charge in [0, 0.05) is 67.7 Å². The van der Waals surface area contributed by atoms with Crippen molar-refractivity contribution in [3.05, 3.63) is 70.4 Å². The van der Waals surface area contributed by atoms with Gasteiger partial charge in [0.15, 0.2) is 11.4 Å². The number of carboxylic acid groups (broad SMARTS) is 1. The lowest BCUT2D eigenvalue weighted by Crippen LogP contribution is -2.37.